The third-order valence-corrected chi connectivity index (χ3v) is 5.70. The molecule has 2 unspecified atom stereocenters. The molecule has 9 nitrogen and oxygen atoms in total. The summed E-state index contributed by atoms with van der Waals surface area (Å²) in [4.78, 5) is 41.0. The minimum atomic E-state index is -0.438. The predicted molar refractivity (Wildman–Crippen MR) is 126 cm³/mol. The number of rotatable bonds is 6. The molecule has 5 rings (SSSR count). The lowest BCUT2D eigenvalue weighted by atomic mass is 9.94. The Labute approximate surface area is 189 Å². The van der Waals surface area contributed by atoms with E-state index in [9.17, 15) is 9.59 Å². The highest BCUT2D eigenvalue weighted by molar-refractivity contribution is 6.09. The quantitative estimate of drug-likeness (QED) is 0.538. The maximum Gasteiger partial charge on any atom is 0.287 e. The SMILES string of the molecule is COc1cccc(CCNC(=O)c2nc3cc(C4=NC=NC5NC=CC45)ccc3c(=O)[nH]2)c1. The maximum atomic E-state index is 12.7. The van der Waals surface area contributed by atoms with Crippen molar-refractivity contribution in [2.45, 2.75) is 12.6 Å². The number of carbonyl (C=O) groups is 1. The molecule has 2 aliphatic rings. The third-order valence-electron chi connectivity index (χ3n) is 5.70. The molecule has 2 atom stereocenters. The molecule has 0 saturated carbocycles. The topological polar surface area (TPSA) is 121 Å². The molecule has 166 valence electrons. The van der Waals surface area contributed by atoms with Crippen LogP contribution < -0.4 is 20.9 Å². The van der Waals surface area contributed by atoms with Crippen LogP contribution in [0.5, 0.6) is 5.75 Å². The second-order valence-corrected chi connectivity index (χ2v) is 7.78. The Morgan fingerprint density at radius 3 is 3.00 bits per heavy atom. The van der Waals surface area contributed by atoms with Crippen LogP contribution in [-0.4, -0.2) is 47.7 Å². The van der Waals surface area contributed by atoms with Gasteiger partial charge >= 0.3 is 0 Å². The smallest absolute Gasteiger partial charge is 0.287 e. The number of aliphatic imine (C=N–C) groups is 2. The molecule has 1 aromatic heterocycles. The predicted octanol–water partition coefficient (Wildman–Crippen LogP) is 1.79. The number of fused-ring (bicyclic) bond motifs is 2. The lowest BCUT2D eigenvalue weighted by molar-refractivity contribution is 0.0944. The number of hydrogen-bond acceptors (Lipinski definition) is 7. The standard InChI is InChI=1S/C24H22N6O3/c1-33-16-4-2-3-14(11-16)7-9-26-24(32)22-29-19-12-15(5-6-17(19)23(31)30-22)20-18-8-10-25-21(18)28-13-27-20/h2-6,8,10-13,18,21,25H,7,9H2,1H3,(H,26,32)(H,29,30,31). The van der Waals surface area contributed by atoms with Crippen molar-refractivity contribution in [3.05, 3.63) is 82.0 Å². The first kappa shape index (κ1) is 20.6. The van der Waals surface area contributed by atoms with Gasteiger partial charge in [-0.3, -0.25) is 9.59 Å². The first-order valence-electron chi connectivity index (χ1n) is 10.6. The van der Waals surface area contributed by atoms with Gasteiger partial charge < -0.3 is 20.4 Å². The Kier molecular flexibility index (Phi) is 5.43. The fraction of sp³-hybridized carbons (Fsp3) is 0.208. The van der Waals surface area contributed by atoms with E-state index in [0.717, 1.165) is 22.6 Å². The van der Waals surface area contributed by atoms with Gasteiger partial charge in [0.2, 0.25) is 0 Å². The maximum absolute atomic E-state index is 12.7. The van der Waals surface area contributed by atoms with Crippen LogP contribution in [-0.2, 0) is 6.42 Å². The van der Waals surface area contributed by atoms with E-state index in [-0.39, 0.29) is 23.5 Å². The van der Waals surface area contributed by atoms with Crippen LogP contribution in [0.3, 0.4) is 0 Å². The Morgan fingerprint density at radius 2 is 2.12 bits per heavy atom. The van der Waals surface area contributed by atoms with Crippen LogP contribution in [0.4, 0.5) is 0 Å². The normalized spacial score (nSPS) is 18.5. The summed E-state index contributed by atoms with van der Waals surface area (Å²) in [6, 6.07) is 13.0. The van der Waals surface area contributed by atoms with Crippen LogP contribution in [0, 0.1) is 5.92 Å². The van der Waals surface area contributed by atoms with Gasteiger partial charge in [0.1, 0.15) is 18.3 Å². The number of benzene rings is 2. The molecule has 2 aliphatic heterocycles. The lowest BCUT2D eigenvalue weighted by Crippen LogP contribution is -2.33. The minimum Gasteiger partial charge on any atom is -0.497 e. The van der Waals surface area contributed by atoms with Crippen molar-refractivity contribution >= 4 is 28.9 Å². The van der Waals surface area contributed by atoms with Crippen LogP contribution >= 0.6 is 0 Å². The molecular weight excluding hydrogens is 420 g/mol. The van der Waals surface area contributed by atoms with Gasteiger partial charge in [0.25, 0.3) is 11.5 Å². The molecule has 1 amide bonds. The van der Waals surface area contributed by atoms with Gasteiger partial charge in [-0.25, -0.2) is 15.0 Å². The zero-order valence-electron chi connectivity index (χ0n) is 17.9. The highest BCUT2D eigenvalue weighted by atomic mass is 16.5. The number of aromatic nitrogens is 2. The number of hydrogen-bond donors (Lipinski definition) is 3. The number of ether oxygens (including phenoxy) is 1. The molecule has 0 fully saturated rings. The zero-order chi connectivity index (χ0) is 22.8. The Balaban J connectivity index is 1.35. The van der Waals surface area contributed by atoms with Gasteiger partial charge in [0.15, 0.2) is 5.82 Å². The van der Waals surface area contributed by atoms with Gasteiger partial charge in [-0.1, -0.05) is 24.3 Å². The van der Waals surface area contributed by atoms with Crippen molar-refractivity contribution in [3.63, 3.8) is 0 Å². The van der Waals surface area contributed by atoms with E-state index in [0.29, 0.717) is 23.9 Å². The van der Waals surface area contributed by atoms with E-state index < -0.39 is 5.91 Å². The fourth-order valence-corrected chi connectivity index (χ4v) is 4.00. The molecule has 0 aliphatic carbocycles. The van der Waals surface area contributed by atoms with Crippen LogP contribution in [0.15, 0.2) is 69.5 Å². The summed E-state index contributed by atoms with van der Waals surface area (Å²) in [7, 11) is 1.61. The first-order valence-corrected chi connectivity index (χ1v) is 10.6. The number of carbonyl (C=O) groups excluding carboxylic acids is 1. The van der Waals surface area contributed by atoms with Crippen molar-refractivity contribution in [2.75, 3.05) is 13.7 Å². The van der Waals surface area contributed by atoms with Gasteiger partial charge in [0.05, 0.1) is 29.6 Å². The number of nitrogens with one attached hydrogen (secondary N) is 3. The molecule has 3 aromatic rings. The molecule has 33 heavy (non-hydrogen) atoms. The third kappa shape index (κ3) is 4.12. The van der Waals surface area contributed by atoms with Gasteiger partial charge in [-0.15, -0.1) is 0 Å². The lowest BCUT2D eigenvalue weighted by Gasteiger charge is -2.21. The fourth-order valence-electron chi connectivity index (χ4n) is 4.00. The van der Waals surface area contributed by atoms with Gasteiger partial charge in [-0.05, 0) is 48.0 Å². The van der Waals surface area contributed by atoms with Crippen LogP contribution in [0.1, 0.15) is 21.7 Å². The molecule has 9 heteroatoms. The molecule has 0 spiro atoms. The average molecular weight is 442 g/mol. The monoisotopic (exact) mass is 442 g/mol. The first-order chi connectivity index (χ1) is 16.1. The summed E-state index contributed by atoms with van der Waals surface area (Å²) in [5.74, 6) is 0.309. The van der Waals surface area contributed by atoms with Gasteiger partial charge in [0, 0.05) is 6.54 Å². The summed E-state index contributed by atoms with van der Waals surface area (Å²) in [5.41, 5.74) is 2.77. The summed E-state index contributed by atoms with van der Waals surface area (Å²) >= 11 is 0. The highest BCUT2D eigenvalue weighted by Gasteiger charge is 2.29. The van der Waals surface area contributed by atoms with Crippen LogP contribution in [0.25, 0.3) is 10.9 Å². The minimum absolute atomic E-state index is 0.00817. The summed E-state index contributed by atoms with van der Waals surface area (Å²) in [6.45, 7) is 0.395. The number of nitrogens with zero attached hydrogens (tertiary/aromatic N) is 3. The highest BCUT2D eigenvalue weighted by Crippen LogP contribution is 2.24. The molecule has 0 radical (unpaired) electrons. The summed E-state index contributed by atoms with van der Waals surface area (Å²) < 4.78 is 5.22. The number of amides is 1. The molecule has 0 saturated heterocycles. The van der Waals surface area contributed by atoms with E-state index in [1.54, 1.807) is 19.2 Å². The van der Waals surface area contributed by atoms with Gasteiger partial charge in [-0.2, -0.15) is 0 Å². The summed E-state index contributed by atoms with van der Waals surface area (Å²) in [6.07, 6.45) is 5.96. The van der Waals surface area contributed by atoms with Crippen molar-refractivity contribution in [1.82, 2.24) is 20.6 Å². The zero-order valence-corrected chi connectivity index (χ0v) is 17.9. The number of aromatic amines is 1. The average Bonchev–Trinajstić information content (AvgIpc) is 3.33. The Morgan fingerprint density at radius 1 is 1.21 bits per heavy atom. The number of H-pyrrole nitrogens is 1. The second-order valence-electron chi connectivity index (χ2n) is 7.78. The van der Waals surface area contributed by atoms with E-state index in [1.807, 2.05) is 42.6 Å². The summed E-state index contributed by atoms with van der Waals surface area (Å²) in [5, 5.41) is 6.40. The van der Waals surface area contributed by atoms with Crippen molar-refractivity contribution in [1.29, 1.82) is 0 Å². The Hall–Kier alpha value is -4.27. The van der Waals surface area contributed by atoms with Crippen molar-refractivity contribution < 1.29 is 9.53 Å². The van der Waals surface area contributed by atoms with Crippen molar-refractivity contribution in [3.8, 4) is 5.75 Å². The van der Waals surface area contributed by atoms with E-state index in [4.69, 9.17) is 4.74 Å². The molecule has 2 aromatic carbocycles. The molecule has 3 heterocycles. The largest absolute Gasteiger partial charge is 0.497 e. The van der Waals surface area contributed by atoms with Crippen molar-refractivity contribution in [2.24, 2.45) is 15.9 Å². The second kappa shape index (κ2) is 8.70. The van der Waals surface area contributed by atoms with E-state index in [2.05, 4.69) is 30.6 Å². The van der Waals surface area contributed by atoms with E-state index >= 15 is 0 Å². The Bertz CT molecular complexity index is 1370. The van der Waals surface area contributed by atoms with E-state index in [1.165, 1.54) is 6.34 Å². The number of methoxy groups -OCH3 is 1. The van der Waals surface area contributed by atoms with Crippen LogP contribution in [0.2, 0.25) is 0 Å². The molecular formula is C24H22N6O3. The molecule has 3 N–H and O–H groups in total. The molecule has 0 bridgehead atoms.